The number of hydrogen-bond acceptors (Lipinski definition) is 3. The Morgan fingerprint density at radius 1 is 1.18 bits per heavy atom. The van der Waals surface area contributed by atoms with E-state index in [1.54, 1.807) is 0 Å². The Bertz CT molecular complexity index is 609. The molecule has 1 fully saturated rings. The van der Waals surface area contributed by atoms with Crippen LogP contribution in [0.1, 0.15) is 44.7 Å². The van der Waals surface area contributed by atoms with Gasteiger partial charge in [-0.2, -0.15) is 0 Å². The van der Waals surface area contributed by atoms with Crippen LogP contribution in [0.5, 0.6) is 0 Å². The standard InChI is InChI=1S/C18H24N2O2/c1-4-18(2,3)20-16(21)11-15(17(20)22)19-10-9-13-7-5-6-8-14(13)12-19/h5-8,15H,4,9-12H2,1-3H3. The molecule has 4 heteroatoms. The summed E-state index contributed by atoms with van der Waals surface area (Å²) in [5, 5.41) is 0. The summed E-state index contributed by atoms with van der Waals surface area (Å²) in [7, 11) is 0. The zero-order valence-corrected chi connectivity index (χ0v) is 13.6. The molecule has 4 nitrogen and oxygen atoms in total. The topological polar surface area (TPSA) is 40.6 Å². The van der Waals surface area contributed by atoms with Crippen molar-refractivity contribution in [1.29, 1.82) is 0 Å². The molecule has 1 unspecified atom stereocenters. The number of fused-ring (bicyclic) bond motifs is 1. The molecule has 0 saturated carbocycles. The van der Waals surface area contributed by atoms with Crippen LogP contribution in [0.3, 0.4) is 0 Å². The number of carbonyl (C=O) groups excluding carboxylic acids is 2. The number of amides is 2. The van der Waals surface area contributed by atoms with Crippen molar-refractivity contribution >= 4 is 11.8 Å². The van der Waals surface area contributed by atoms with E-state index in [0.29, 0.717) is 6.42 Å². The van der Waals surface area contributed by atoms with Gasteiger partial charge in [-0.1, -0.05) is 31.2 Å². The van der Waals surface area contributed by atoms with E-state index < -0.39 is 5.54 Å². The van der Waals surface area contributed by atoms with Crippen LogP contribution in [-0.2, 0) is 22.6 Å². The van der Waals surface area contributed by atoms with Gasteiger partial charge in [0.05, 0.1) is 12.5 Å². The van der Waals surface area contributed by atoms with Crippen molar-refractivity contribution in [3.63, 3.8) is 0 Å². The minimum absolute atomic E-state index is 0.0174. The molecule has 1 aromatic rings. The molecule has 0 bridgehead atoms. The van der Waals surface area contributed by atoms with E-state index in [1.807, 2.05) is 26.8 Å². The van der Waals surface area contributed by atoms with Crippen molar-refractivity contribution in [1.82, 2.24) is 9.80 Å². The van der Waals surface area contributed by atoms with Gasteiger partial charge in [-0.25, -0.2) is 0 Å². The molecule has 22 heavy (non-hydrogen) atoms. The highest BCUT2D eigenvalue weighted by atomic mass is 16.2. The van der Waals surface area contributed by atoms with E-state index in [1.165, 1.54) is 16.0 Å². The molecular weight excluding hydrogens is 276 g/mol. The smallest absolute Gasteiger partial charge is 0.247 e. The minimum atomic E-state index is -0.392. The molecule has 1 aromatic carbocycles. The summed E-state index contributed by atoms with van der Waals surface area (Å²) in [5.74, 6) is -0.0445. The van der Waals surface area contributed by atoms with Gasteiger partial charge in [0.1, 0.15) is 0 Å². The highest BCUT2D eigenvalue weighted by Crippen LogP contribution is 2.31. The number of benzene rings is 1. The van der Waals surface area contributed by atoms with Gasteiger partial charge in [0.15, 0.2) is 0 Å². The monoisotopic (exact) mass is 300 g/mol. The number of imide groups is 1. The van der Waals surface area contributed by atoms with Gasteiger partial charge in [0.25, 0.3) is 0 Å². The fourth-order valence-electron chi connectivity index (χ4n) is 3.48. The SMILES string of the molecule is CCC(C)(C)N1C(=O)CC(N2CCc3ccccc3C2)C1=O. The molecular formula is C18H24N2O2. The van der Waals surface area contributed by atoms with Crippen molar-refractivity contribution in [2.75, 3.05) is 6.54 Å². The van der Waals surface area contributed by atoms with Crippen molar-refractivity contribution in [2.45, 2.75) is 58.2 Å². The van der Waals surface area contributed by atoms with Crippen LogP contribution in [0.25, 0.3) is 0 Å². The summed E-state index contributed by atoms with van der Waals surface area (Å²) in [6.45, 7) is 7.57. The lowest BCUT2D eigenvalue weighted by Crippen LogP contribution is -2.50. The van der Waals surface area contributed by atoms with Crippen molar-refractivity contribution in [3.8, 4) is 0 Å². The molecule has 0 radical (unpaired) electrons. The predicted octanol–water partition coefficient (Wildman–Crippen LogP) is 2.36. The molecule has 2 aliphatic heterocycles. The van der Waals surface area contributed by atoms with E-state index in [4.69, 9.17) is 0 Å². The Morgan fingerprint density at radius 2 is 1.86 bits per heavy atom. The van der Waals surface area contributed by atoms with Crippen LogP contribution >= 0.6 is 0 Å². The second-order valence-corrected chi connectivity index (χ2v) is 6.94. The predicted molar refractivity (Wildman–Crippen MR) is 85.2 cm³/mol. The molecule has 0 N–H and O–H groups in total. The van der Waals surface area contributed by atoms with Crippen LogP contribution in [0.4, 0.5) is 0 Å². The molecule has 118 valence electrons. The van der Waals surface area contributed by atoms with Crippen LogP contribution in [0.2, 0.25) is 0 Å². The zero-order chi connectivity index (χ0) is 15.9. The molecule has 3 rings (SSSR count). The third-order valence-corrected chi connectivity index (χ3v) is 5.19. The Kier molecular flexibility index (Phi) is 3.81. The summed E-state index contributed by atoms with van der Waals surface area (Å²) in [5.41, 5.74) is 2.25. The maximum Gasteiger partial charge on any atom is 0.247 e. The lowest BCUT2D eigenvalue weighted by Gasteiger charge is -2.35. The summed E-state index contributed by atoms with van der Waals surface area (Å²) in [6.07, 6.45) is 2.05. The zero-order valence-electron chi connectivity index (χ0n) is 13.6. The first kappa shape index (κ1) is 15.2. The normalized spacial score (nSPS) is 23.0. The van der Waals surface area contributed by atoms with Crippen molar-refractivity contribution < 1.29 is 9.59 Å². The van der Waals surface area contributed by atoms with Gasteiger partial charge in [0.2, 0.25) is 11.8 Å². The second kappa shape index (κ2) is 5.51. The van der Waals surface area contributed by atoms with Crippen LogP contribution in [0, 0.1) is 0 Å². The number of nitrogens with zero attached hydrogens (tertiary/aromatic N) is 2. The third-order valence-electron chi connectivity index (χ3n) is 5.19. The Labute approximate surface area is 132 Å². The van der Waals surface area contributed by atoms with E-state index in [9.17, 15) is 9.59 Å². The van der Waals surface area contributed by atoms with E-state index in [-0.39, 0.29) is 17.9 Å². The Balaban J connectivity index is 1.80. The highest BCUT2D eigenvalue weighted by molar-refractivity contribution is 6.06. The van der Waals surface area contributed by atoms with Gasteiger partial charge in [0, 0.05) is 18.6 Å². The molecule has 0 aromatic heterocycles. The van der Waals surface area contributed by atoms with Crippen LogP contribution in [-0.4, -0.2) is 39.7 Å². The maximum atomic E-state index is 12.8. The molecule has 1 atom stereocenters. The van der Waals surface area contributed by atoms with Gasteiger partial charge in [-0.3, -0.25) is 19.4 Å². The fraction of sp³-hybridized carbons (Fsp3) is 0.556. The summed E-state index contributed by atoms with van der Waals surface area (Å²) in [4.78, 5) is 28.8. The van der Waals surface area contributed by atoms with Gasteiger partial charge >= 0.3 is 0 Å². The van der Waals surface area contributed by atoms with Crippen LogP contribution in [0.15, 0.2) is 24.3 Å². The van der Waals surface area contributed by atoms with Gasteiger partial charge < -0.3 is 0 Å². The Hall–Kier alpha value is -1.68. The maximum absolute atomic E-state index is 12.8. The van der Waals surface area contributed by atoms with E-state index in [0.717, 1.165) is 25.9 Å². The lowest BCUT2D eigenvalue weighted by atomic mass is 9.98. The molecule has 2 aliphatic rings. The summed E-state index contributed by atoms with van der Waals surface area (Å²) >= 11 is 0. The molecule has 0 spiro atoms. The van der Waals surface area contributed by atoms with Gasteiger partial charge in [-0.15, -0.1) is 0 Å². The van der Waals surface area contributed by atoms with E-state index in [2.05, 4.69) is 23.1 Å². The first-order valence-corrected chi connectivity index (χ1v) is 8.12. The lowest BCUT2D eigenvalue weighted by molar-refractivity contribution is -0.146. The first-order chi connectivity index (χ1) is 10.4. The summed E-state index contributed by atoms with van der Waals surface area (Å²) < 4.78 is 0. The largest absolute Gasteiger partial charge is 0.287 e. The van der Waals surface area contributed by atoms with Crippen molar-refractivity contribution in [3.05, 3.63) is 35.4 Å². The molecule has 2 heterocycles. The average Bonchev–Trinajstić information content (AvgIpc) is 2.82. The average molecular weight is 300 g/mol. The Morgan fingerprint density at radius 3 is 2.55 bits per heavy atom. The van der Waals surface area contributed by atoms with Crippen LogP contribution < -0.4 is 0 Å². The minimum Gasteiger partial charge on any atom is -0.287 e. The molecule has 0 aliphatic carbocycles. The number of likely N-dealkylation sites (tertiary alicyclic amines) is 1. The number of hydrogen-bond donors (Lipinski definition) is 0. The third kappa shape index (κ3) is 2.45. The quantitative estimate of drug-likeness (QED) is 0.805. The van der Waals surface area contributed by atoms with Gasteiger partial charge in [-0.05, 0) is 37.8 Å². The number of rotatable bonds is 3. The molecule has 2 amide bonds. The number of carbonyl (C=O) groups is 2. The summed E-state index contributed by atoms with van der Waals surface area (Å²) in [6, 6.07) is 8.09. The molecule has 1 saturated heterocycles. The van der Waals surface area contributed by atoms with Crippen molar-refractivity contribution in [2.24, 2.45) is 0 Å². The first-order valence-electron chi connectivity index (χ1n) is 8.12. The highest BCUT2D eigenvalue weighted by Gasteiger charge is 2.47. The second-order valence-electron chi connectivity index (χ2n) is 6.94. The fourth-order valence-corrected chi connectivity index (χ4v) is 3.48. The van der Waals surface area contributed by atoms with E-state index >= 15 is 0 Å².